The summed E-state index contributed by atoms with van der Waals surface area (Å²) in [5, 5.41) is 2.82. The van der Waals surface area contributed by atoms with Gasteiger partial charge in [0.15, 0.2) is 11.5 Å². The van der Waals surface area contributed by atoms with Crippen LogP contribution in [0.15, 0.2) is 47.3 Å². The molecule has 3 aromatic rings. The molecule has 4 rings (SSSR count). The van der Waals surface area contributed by atoms with Crippen LogP contribution in [0.25, 0.3) is 0 Å². The van der Waals surface area contributed by atoms with E-state index in [1.54, 1.807) is 19.1 Å². The third-order valence-electron chi connectivity index (χ3n) is 5.78. The Morgan fingerprint density at radius 1 is 1.03 bits per heavy atom. The van der Waals surface area contributed by atoms with E-state index in [1.807, 2.05) is 17.0 Å². The van der Waals surface area contributed by atoms with Crippen molar-refractivity contribution in [1.82, 2.24) is 9.55 Å². The Labute approximate surface area is 197 Å². The first-order valence-corrected chi connectivity index (χ1v) is 10.9. The number of nitrogens with one attached hydrogen (secondary N) is 1. The zero-order valence-electron chi connectivity index (χ0n) is 19.8. The lowest BCUT2D eigenvalue weighted by Crippen LogP contribution is -2.38. The molecule has 1 aromatic heterocycles. The third-order valence-corrected chi connectivity index (χ3v) is 5.78. The van der Waals surface area contributed by atoms with Gasteiger partial charge in [-0.3, -0.25) is 14.2 Å². The third kappa shape index (κ3) is 4.68. The largest absolute Gasteiger partial charge is 0.493 e. The summed E-state index contributed by atoms with van der Waals surface area (Å²) in [5.74, 6) is 1.37. The number of amides is 1. The van der Waals surface area contributed by atoms with Crippen molar-refractivity contribution in [3.05, 3.63) is 69.6 Å². The normalized spacial score (nSPS) is 12.6. The first kappa shape index (κ1) is 23.2. The highest BCUT2D eigenvalue weighted by Gasteiger charge is 2.22. The van der Waals surface area contributed by atoms with Crippen molar-refractivity contribution >= 4 is 17.5 Å². The summed E-state index contributed by atoms with van der Waals surface area (Å²) < 4.78 is 17.4. The lowest BCUT2D eigenvalue weighted by Gasteiger charge is -2.31. The number of hydrogen-bond acceptors (Lipinski definition) is 7. The van der Waals surface area contributed by atoms with Crippen LogP contribution in [0.4, 0.5) is 11.6 Å². The van der Waals surface area contributed by atoms with Gasteiger partial charge in [-0.05, 0) is 24.5 Å². The summed E-state index contributed by atoms with van der Waals surface area (Å²) in [6, 6.07) is 12.9. The van der Waals surface area contributed by atoms with E-state index in [4.69, 9.17) is 14.2 Å². The molecule has 0 atom stereocenters. The Morgan fingerprint density at radius 2 is 1.71 bits per heavy atom. The summed E-state index contributed by atoms with van der Waals surface area (Å²) in [7, 11) is 4.52. The Bertz CT molecular complexity index is 1250. The number of ether oxygens (including phenoxy) is 3. The van der Waals surface area contributed by atoms with Gasteiger partial charge in [0.2, 0.25) is 17.6 Å². The molecule has 1 amide bonds. The van der Waals surface area contributed by atoms with Crippen LogP contribution in [0.5, 0.6) is 17.2 Å². The number of methoxy groups -OCH3 is 3. The molecule has 178 valence electrons. The smallest absolute Gasteiger partial charge is 0.255 e. The van der Waals surface area contributed by atoms with Gasteiger partial charge in [0.25, 0.3) is 5.56 Å². The molecule has 9 heteroatoms. The van der Waals surface area contributed by atoms with E-state index in [1.165, 1.54) is 43.1 Å². The summed E-state index contributed by atoms with van der Waals surface area (Å²) in [6.45, 7) is 2.93. The van der Waals surface area contributed by atoms with Crippen molar-refractivity contribution in [2.24, 2.45) is 0 Å². The molecule has 2 heterocycles. The number of rotatable bonds is 7. The Morgan fingerprint density at radius 3 is 2.35 bits per heavy atom. The number of fused-ring (bicyclic) bond motifs is 1. The van der Waals surface area contributed by atoms with Gasteiger partial charge in [0.1, 0.15) is 6.54 Å². The molecule has 0 saturated heterocycles. The fourth-order valence-electron chi connectivity index (χ4n) is 4.16. The number of hydrogen-bond donors (Lipinski definition) is 1. The van der Waals surface area contributed by atoms with Gasteiger partial charge in [-0.25, -0.2) is 4.98 Å². The number of aromatic nitrogens is 2. The highest BCUT2D eigenvalue weighted by Crippen LogP contribution is 2.39. The van der Waals surface area contributed by atoms with E-state index in [0.29, 0.717) is 47.7 Å². The second-order valence-corrected chi connectivity index (χ2v) is 8.02. The van der Waals surface area contributed by atoms with Crippen molar-refractivity contribution in [1.29, 1.82) is 0 Å². The molecule has 0 bridgehead atoms. The van der Waals surface area contributed by atoms with Crippen LogP contribution in [-0.2, 0) is 24.3 Å². The van der Waals surface area contributed by atoms with Crippen LogP contribution in [-0.4, -0.2) is 43.3 Å². The molecule has 1 aliphatic heterocycles. The first-order chi connectivity index (χ1) is 16.4. The van der Waals surface area contributed by atoms with E-state index in [-0.39, 0.29) is 18.0 Å². The maximum Gasteiger partial charge on any atom is 0.255 e. The van der Waals surface area contributed by atoms with Crippen LogP contribution in [0.1, 0.15) is 16.8 Å². The molecule has 0 radical (unpaired) electrons. The molecule has 0 unspecified atom stereocenters. The van der Waals surface area contributed by atoms with Gasteiger partial charge >= 0.3 is 0 Å². The molecule has 2 aromatic carbocycles. The summed E-state index contributed by atoms with van der Waals surface area (Å²) >= 11 is 0. The van der Waals surface area contributed by atoms with Crippen LogP contribution >= 0.6 is 0 Å². The van der Waals surface area contributed by atoms with Crippen molar-refractivity contribution < 1.29 is 19.0 Å². The average molecular weight is 465 g/mol. The average Bonchev–Trinajstić information content (AvgIpc) is 2.84. The monoisotopic (exact) mass is 464 g/mol. The lowest BCUT2D eigenvalue weighted by atomic mass is 10.0. The highest BCUT2D eigenvalue weighted by atomic mass is 16.5. The lowest BCUT2D eigenvalue weighted by molar-refractivity contribution is -0.116. The number of aryl methyl sites for hydroxylation is 1. The second-order valence-electron chi connectivity index (χ2n) is 8.02. The van der Waals surface area contributed by atoms with Gasteiger partial charge in [-0.15, -0.1) is 0 Å². The Balaban J connectivity index is 1.60. The Hall–Kier alpha value is -4.01. The minimum Gasteiger partial charge on any atom is -0.493 e. The van der Waals surface area contributed by atoms with E-state index in [9.17, 15) is 9.59 Å². The summed E-state index contributed by atoms with van der Waals surface area (Å²) in [5.41, 5.74) is 3.28. The fraction of sp³-hybridized carbons (Fsp3) is 0.320. The van der Waals surface area contributed by atoms with Crippen molar-refractivity contribution in [3.63, 3.8) is 0 Å². The topological polar surface area (TPSA) is 94.9 Å². The van der Waals surface area contributed by atoms with Crippen LogP contribution in [0.3, 0.4) is 0 Å². The molecule has 0 spiro atoms. The molecular weight excluding hydrogens is 436 g/mol. The predicted octanol–water partition coefficient (Wildman–Crippen LogP) is 2.78. The van der Waals surface area contributed by atoms with Gasteiger partial charge in [0.05, 0.1) is 21.3 Å². The van der Waals surface area contributed by atoms with Crippen LogP contribution < -0.4 is 30.0 Å². The van der Waals surface area contributed by atoms with Crippen LogP contribution in [0, 0.1) is 6.92 Å². The van der Waals surface area contributed by atoms with Crippen molar-refractivity contribution in [2.75, 3.05) is 38.1 Å². The highest BCUT2D eigenvalue weighted by molar-refractivity contribution is 5.91. The van der Waals surface area contributed by atoms with E-state index < -0.39 is 0 Å². The molecule has 0 saturated carbocycles. The molecule has 9 nitrogen and oxygen atoms in total. The zero-order valence-corrected chi connectivity index (χ0v) is 19.8. The minimum absolute atomic E-state index is 0.184. The Kier molecular flexibility index (Phi) is 6.72. The molecule has 1 N–H and O–H groups in total. The standard InChI is InChI=1S/C25H28N4O5/c1-16-11-23(31)29(25(26-16)28-10-9-17-7-5-6-8-18(17)14-28)15-22(30)27-19-12-20(32-2)24(34-4)21(13-19)33-3/h5-8,11-13H,9-10,14-15H2,1-4H3,(H,27,30). The van der Waals surface area contributed by atoms with Gasteiger partial charge in [0, 0.05) is 42.7 Å². The molecule has 1 aliphatic rings. The van der Waals surface area contributed by atoms with Gasteiger partial charge in [-0.1, -0.05) is 24.3 Å². The van der Waals surface area contributed by atoms with Gasteiger partial charge < -0.3 is 24.4 Å². The maximum atomic E-state index is 13.0. The van der Waals surface area contributed by atoms with E-state index >= 15 is 0 Å². The summed E-state index contributed by atoms with van der Waals surface area (Å²) in [4.78, 5) is 32.5. The van der Waals surface area contributed by atoms with E-state index in [0.717, 1.165) is 6.42 Å². The predicted molar refractivity (Wildman–Crippen MR) is 129 cm³/mol. The van der Waals surface area contributed by atoms with Crippen molar-refractivity contribution in [3.8, 4) is 17.2 Å². The zero-order chi connectivity index (χ0) is 24.2. The van der Waals surface area contributed by atoms with Crippen molar-refractivity contribution in [2.45, 2.75) is 26.4 Å². The molecule has 0 aliphatic carbocycles. The number of benzene rings is 2. The van der Waals surface area contributed by atoms with E-state index in [2.05, 4.69) is 22.4 Å². The minimum atomic E-state index is -0.374. The molecule has 0 fully saturated rings. The maximum absolute atomic E-state index is 13.0. The molecule has 34 heavy (non-hydrogen) atoms. The SMILES string of the molecule is COc1cc(NC(=O)Cn2c(N3CCc4ccccc4C3)nc(C)cc2=O)cc(OC)c1OC. The second kappa shape index (κ2) is 9.86. The number of carbonyl (C=O) groups excluding carboxylic acids is 1. The number of nitrogens with zero attached hydrogens (tertiary/aromatic N) is 3. The summed E-state index contributed by atoms with van der Waals surface area (Å²) in [6.07, 6.45) is 0.845. The number of carbonyl (C=O) groups is 1. The molecular formula is C25H28N4O5. The number of anilines is 2. The quantitative estimate of drug-likeness (QED) is 0.575. The first-order valence-electron chi connectivity index (χ1n) is 10.9. The van der Waals surface area contributed by atoms with Gasteiger partial charge in [-0.2, -0.15) is 0 Å². The fourth-order valence-corrected chi connectivity index (χ4v) is 4.16. The van der Waals surface area contributed by atoms with Crippen LogP contribution in [0.2, 0.25) is 0 Å².